The molecule has 0 bridgehead atoms. The Kier molecular flexibility index (Phi) is 6.02. The largest absolute Gasteiger partial charge is 0.385 e. The fourth-order valence-corrected chi connectivity index (χ4v) is 2.46. The molecule has 0 radical (unpaired) electrons. The number of hydrogen-bond acceptors (Lipinski definition) is 2. The summed E-state index contributed by atoms with van der Waals surface area (Å²) >= 11 is 0. The van der Waals surface area contributed by atoms with Crippen LogP contribution in [-0.2, 0) is 16.6 Å². The predicted octanol–water partition coefficient (Wildman–Crippen LogP) is 4.99. The molecule has 0 aliphatic carbocycles. The first-order valence-corrected chi connectivity index (χ1v) is 8.61. The highest BCUT2D eigenvalue weighted by atomic mass is 16.1. The second-order valence-corrected chi connectivity index (χ2v) is 7.10. The minimum Gasteiger partial charge on any atom is -0.385 e. The van der Waals surface area contributed by atoms with E-state index in [1.165, 1.54) is 11.1 Å². The van der Waals surface area contributed by atoms with Crippen molar-refractivity contribution in [2.75, 3.05) is 17.2 Å². The third-order valence-electron chi connectivity index (χ3n) is 4.08. The van der Waals surface area contributed by atoms with Gasteiger partial charge in [-0.3, -0.25) is 4.79 Å². The highest BCUT2D eigenvalue weighted by Crippen LogP contribution is 2.23. The lowest BCUT2D eigenvalue weighted by Gasteiger charge is -2.19. The van der Waals surface area contributed by atoms with Crippen LogP contribution in [-0.4, -0.2) is 12.5 Å². The van der Waals surface area contributed by atoms with Crippen molar-refractivity contribution < 1.29 is 4.79 Å². The number of amides is 1. The zero-order valence-corrected chi connectivity index (χ0v) is 15.1. The Hall–Kier alpha value is -2.29. The van der Waals surface area contributed by atoms with Gasteiger partial charge in [-0.05, 0) is 47.2 Å². The fraction of sp³-hybridized carbons (Fsp3) is 0.381. The summed E-state index contributed by atoms with van der Waals surface area (Å²) in [6, 6.07) is 16.4. The van der Waals surface area contributed by atoms with Gasteiger partial charge in [0, 0.05) is 24.3 Å². The van der Waals surface area contributed by atoms with Crippen molar-refractivity contribution in [1.29, 1.82) is 0 Å². The predicted molar refractivity (Wildman–Crippen MR) is 103 cm³/mol. The van der Waals surface area contributed by atoms with Gasteiger partial charge in [-0.25, -0.2) is 0 Å². The highest BCUT2D eigenvalue weighted by Gasteiger charge is 2.12. The van der Waals surface area contributed by atoms with Gasteiger partial charge in [-0.1, -0.05) is 52.0 Å². The van der Waals surface area contributed by atoms with Crippen LogP contribution in [0.2, 0.25) is 0 Å². The highest BCUT2D eigenvalue weighted by molar-refractivity contribution is 5.90. The van der Waals surface area contributed by atoms with Gasteiger partial charge in [0.2, 0.25) is 5.91 Å². The average molecular weight is 324 g/mol. The summed E-state index contributed by atoms with van der Waals surface area (Å²) in [5, 5.41) is 6.23. The summed E-state index contributed by atoms with van der Waals surface area (Å²) in [4.78, 5) is 12.0. The molecule has 3 heteroatoms. The lowest BCUT2D eigenvalue weighted by molar-refractivity contribution is -0.115. The smallest absolute Gasteiger partial charge is 0.226 e. The van der Waals surface area contributed by atoms with Gasteiger partial charge in [-0.15, -0.1) is 0 Å². The second kappa shape index (κ2) is 8.00. The fourth-order valence-electron chi connectivity index (χ4n) is 2.46. The molecule has 0 aromatic heterocycles. The van der Waals surface area contributed by atoms with E-state index in [9.17, 15) is 4.79 Å². The molecular weight excluding hydrogens is 296 g/mol. The van der Waals surface area contributed by atoms with E-state index in [4.69, 9.17) is 0 Å². The summed E-state index contributed by atoms with van der Waals surface area (Å²) < 4.78 is 0. The molecule has 0 fully saturated rings. The van der Waals surface area contributed by atoms with E-state index in [0.29, 0.717) is 13.0 Å². The summed E-state index contributed by atoms with van der Waals surface area (Å²) in [6.07, 6.45) is 1.45. The van der Waals surface area contributed by atoms with Crippen molar-refractivity contribution in [1.82, 2.24) is 0 Å². The Balaban J connectivity index is 1.77. The first kappa shape index (κ1) is 18.1. The Labute approximate surface area is 145 Å². The SMILES string of the molecule is CCc1ccc(NC(=O)CCNc2ccc(C(C)(C)C)cc2)cc1. The summed E-state index contributed by atoms with van der Waals surface area (Å²) in [5.74, 6) is 0.0260. The Bertz CT molecular complexity index is 652. The van der Waals surface area contributed by atoms with E-state index in [0.717, 1.165) is 17.8 Å². The van der Waals surface area contributed by atoms with Crippen molar-refractivity contribution in [2.45, 2.75) is 46.0 Å². The maximum atomic E-state index is 12.0. The monoisotopic (exact) mass is 324 g/mol. The first-order valence-electron chi connectivity index (χ1n) is 8.61. The van der Waals surface area contributed by atoms with Gasteiger partial charge in [0.1, 0.15) is 0 Å². The molecular formula is C21H28N2O. The third-order valence-corrected chi connectivity index (χ3v) is 4.08. The molecule has 2 aromatic rings. The Morgan fingerprint density at radius 2 is 1.50 bits per heavy atom. The number of carbonyl (C=O) groups excluding carboxylic acids is 1. The molecule has 0 saturated heterocycles. The van der Waals surface area contributed by atoms with Crippen LogP contribution in [0.25, 0.3) is 0 Å². The standard InChI is InChI=1S/C21H28N2O/c1-5-16-6-10-19(11-7-16)23-20(24)14-15-22-18-12-8-17(9-13-18)21(2,3)4/h6-13,22H,5,14-15H2,1-4H3,(H,23,24). The normalized spacial score (nSPS) is 11.2. The van der Waals surface area contributed by atoms with Gasteiger partial charge in [-0.2, -0.15) is 0 Å². The van der Waals surface area contributed by atoms with Crippen molar-refractivity contribution in [3.63, 3.8) is 0 Å². The minimum absolute atomic E-state index is 0.0260. The minimum atomic E-state index is 0.0260. The maximum absolute atomic E-state index is 12.0. The van der Waals surface area contributed by atoms with Crippen LogP contribution in [0, 0.1) is 0 Å². The molecule has 2 aromatic carbocycles. The molecule has 0 heterocycles. The van der Waals surface area contributed by atoms with E-state index in [1.807, 2.05) is 24.3 Å². The number of benzene rings is 2. The zero-order valence-electron chi connectivity index (χ0n) is 15.1. The molecule has 2 N–H and O–H groups in total. The summed E-state index contributed by atoms with van der Waals surface area (Å²) in [5.41, 5.74) is 4.63. The summed E-state index contributed by atoms with van der Waals surface area (Å²) in [7, 11) is 0. The van der Waals surface area contributed by atoms with Crippen LogP contribution in [0.1, 0.15) is 45.2 Å². The van der Waals surface area contributed by atoms with Crippen molar-refractivity contribution in [3.05, 3.63) is 59.7 Å². The van der Waals surface area contributed by atoms with Gasteiger partial charge in [0.05, 0.1) is 0 Å². The van der Waals surface area contributed by atoms with E-state index in [2.05, 4.69) is 62.6 Å². The van der Waals surface area contributed by atoms with Crippen LogP contribution < -0.4 is 10.6 Å². The van der Waals surface area contributed by atoms with Gasteiger partial charge < -0.3 is 10.6 Å². The molecule has 128 valence electrons. The molecule has 0 unspecified atom stereocenters. The second-order valence-electron chi connectivity index (χ2n) is 7.10. The molecule has 24 heavy (non-hydrogen) atoms. The maximum Gasteiger partial charge on any atom is 0.226 e. The van der Waals surface area contributed by atoms with Crippen molar-refractivity contribution in [2.24, 2.45) is 0 Å². The van der Waals surface area contributed by atoms with Crippen molar-refractivity contribution in [3.8, 4) is 0 Å². The van der Waals surface area contributed by atoms with Gasteiger partial charge in [0.25, 0.3) is 0 Å². The van der Waals surface area contributed by atoms with Gasteiger partial charge >= 0.3 is 0 Å². The van der Waals surface area contributed by atoms with Crippen LogP contribution in [0.5, 0.6) is 0 Å². The molecule has 0 aliphatic heterocycles. The van der Waals surface area contributed by atoms with Crippen LogP contribution in [0.15, 0.2) is 48.5 Å². The first-order chi connectivity index (χ1) is 11.4. The number of aryl methyl sites for hydroxylation is 1. The Morgan fingerprint density at radius 1 is 0.917 bits per heavy atom. The molecule has 0 atom stereocenters. The van der Waals surface area contributed by atoms with Gasteiger partial charge in [0.15, 0.2) is 0 Å². The lowest BCUT2D eigenvalue weighted by Crippen LogP contribution is -2.16. The Morgan fingerprint density at radius 3 is 2.04 bits per heavy atom. The van der Waals surface area contributed by atoms with Crippen LogP contribution in [0.4, 0.5) is 11.4 Å². The third kappa shape index (κ3) is 5.41. The quantitative estimate of drug-likeness (QED) is 0.786. The molecule has 0 spiro atoms. The van der Waals surface area contributed by atoms with E-state index >= 15 is 0 Å². The van der Waals surface area contributed by atoms with E-state index < -0.39 is 0 Å². The van der Waals surface area contributed by atoms with Crippen LogP contribution in [0.3, 0.4) is 0 Å². The molecule has 0 aliphatic rings. The number of hydrogen-bond donors (Lipinski definition) is 2. The number of nitrogens with one attached hydrogen (secondary N) is 2. The molecule has 2 rings (SSSR count). The molecule has 0 saturated carbocycles. The average Bonchev–Trinajstić information content (AvgIpc) is 2.55. The number of anilines is 2. The molecule has 3 nitrogen and oxygen atoms in total. The number of rotatable bonds is 6. The summed E-state index contributed by atoms with van der Waals surface area (Å²) in [6.45, 7) is 9.34. The number of carbonyl (C=O) groups is 1. The van der Waals surface area contributed by atoms with E-state index in [-0.39, 0.29) is 11.3 Å². The zero-order chi connectivity index (χ0) is 17.6. The van der Waals surface area contributed by atoms with Crippen molar-refractivity contribution >= 4 is 17.3 Å². The molecule has 1 amide bonds. The topological polar surface area (TPSA) is 41.1 Å². The van der Waals surface area contributed by atoms with Crippen LogP contribution >= 0.6 is 0 Å². The van der Waals surface area contributed by atoms with E-state index in [1.54, 1.807) is 0 Å². The lowest BCUT2D eigenvalue weighted by atomic mass is 9.87.